The molecule has 0 spiro atoms. The van der Waals surface area contributed by atoms with Crippen LogP contribution in [0.1, 0.15) is 54.9 Å². The third-order valence-corrected chi connectivity index (χ3v) is 2.59. The van der Waals surface area contributed by atoms with Crippen molar-refractivity contribution in [3.05, 3.63) is 0 Å². The van der Waals surface area contributed by atoms with Crippen LogP contribution in [0.3, 0.4) is 0 Å². The third kappa shape index (κ3) is 10.3. The highest BCUT2D eigenvalue weighted by Crippen LogP contribution is 2.16. The van der Waals surface area contributed by atoms with Crippen LogP contribution in [0, 0.1) is 11.3 Å². The van der Waals surface area contributed by atoms with Crippen LogP contribution >= 0.6 is 0 Å². The van der Waals surface area contributed by atoms with Crippen LogP contribution in [0.5, 0.6) is 0 Å². The van der Waals surface area contributed by atoms with Gasteiger partial charge in [-0.15, -0.1) is 0 Å². The number of hydrogen-bond acceptors (Lipinski definition) is 5. The average Bonchev–Trinajstić information content (AvgIpc) is 2.31. The van der Waals surface area contributed by atoms with Crippen molar-refractivity contribution in [1.82, 2.24) is 0 Å². The number of carbonyl (C=O) groups is 2. The molecule has 0 saturated heterocycles. The van der Waals surface area contributed by atoms with Gasteiger partial charge in [-0.05, 0) is 40.5 Å². The van der Waals surface area contributed by atoms with Crippen LogP contribution in [0.2, 0.25) is 0 Å². The summed E-state index contributed by atoms with van der Waals surface area (Å²) in [7, 11) is 0. The van der Waals surface area contributed by atoms with Gasteiger partial charge < -0.3 is 14.2 Å². The van der Waals surface area contributed by atoms with Crippen LogP contribution < -0.4 is 0 Å². The Balaban J connectivity index is 3.90. The zero-order chi connectivity index (χ0) is 16.6. The summed E-state index contributed by atoms with van der Waals surface area (Å²) < 4.78 is 15.9. The summed E-state index contributed by atoms with van der Waals surface area (Å²) >= 11 is 0. The molecule has 21 heavy (non-hydrogen) atoms. The molecule has 0 N–H and O–H groups in total. The summed E-state index contributed by atoms with van der Waals surface area (Å²) in [5, 5.41) is 0. The van der Waals surface area contributed by atoms with Crippen molar-refractivity contribution in [2.45, 2.75) is 67.1 Å². The van der Waals surface area contributed by atoms with Gasteiger partial charge in [0, 0.05) is 6.42 Å². The van der Waals surface area contributed by atoms with Gasteiger partial charge in [0.15, 0.2) is 0 Å². The molecule has 0 radical (unpaired) electrons. The molecule has 0 aromatic heterocycles. The molecular weight excluding hydrogens is 272 g/mol. The van der Waals surface area contributed by atoms with E-state index in [1.807, 2.05) is 20.8 Å². The van der Waals surface area contributed by atoms with Crippen molar-refractivity contribution >= 4 is 11.9 Å². The summed E-state index contributed by atoms with van der Waals surface area (Å²) in [6.07, 6.45) is -0.144. The minimum Gasteiger partial charge on any atom is -0.463 e. The molecule has 5 nitrogen and oxygen atoms in total. The normalized spacial score (nSPS) is 14.7. The summed E-state index contributed by atoms with van der Waals surface area (Å²) in [4.78, 5) is 23.1. The molecule has 0 fully saturated rings. The van der Waals surface area contributed by atoms with Gasteiger partial charge in [0.2, 0.25) is 0 Å². The molecule has 0 heterocycles. The second kappa shape index (κ2) is 9.03. The van der Waals surface area contributed by atoms with E-state index in [9.17, 15) is 9.59 Å². The highest BCUT2D eigenvalue weighted by molar-refractivity contribution is 5.75. The predicted octanol–water partition coefficient (Wildman–Crippen LogP) is 2.96. The van der Waals surface area contributed by atoms with Crippen molar-refractivity contribution in [3.8, 4) is 0 Å². The van der Waals surface area contributed by atoms with Crippen LogP contribution in [-0.2, 0) is 23.8 Å². The Kier molecular flexibility index (Phi) is 8.55. The fourth-order valence-electron chi connectivity index (χ4n) is 1.34. The Morgan fingerprint density at radius 3 is 2.00 bits per heavy atom. The van der Waals surface area contributed by atoms with Gasteiger partial charge in [0.25, 0.3) is 0 Å². The molecule has 124 valence electrons. The van der Waals surface area contributed by atoms with E-state index < -0.39 is 5.41 Å². The number of rotatable bonds is 8. The lowest BCUT2D eigenvalue weighted by Gasteiger charge is -2.22. The van der Waals surface area contributed by atoms with Gasteiger partial charge in [-0.25, -0.2) is 0 Å². The van der Waals surface area contributed by atoms with Crippen LogP contribution in [0.25, 0.3) is 0 Å². The molecule has 0 amide bonds. The van der Waals surface area contributed by atoms with Gasteiger partial charge >= 0.3 is 11.9 Å². The van der Waals surface area contributed by atoms with Crippen LogP contribution in [0.15, 0.2) is 0 Å². The van der Waals surface area contributed by atoms with Crippen molar-refractivity contribution < 1.29 is 23.8 Å². The average molecular weight is 302 g/mol. The lowest BCUT2D eigenvalue weighted by atomic mass is 9.97. The van der Waals surface area contributed by atoms with Crippen molar-refractivity contribution in [2.75, 3.05) is 13.2 Å². The Bertz CT molecular complexity index is 330. The van der Waals surface area contributed by atoms with Crippen LogP contribution in [-0.4, -0.2) is 37.4 Å². The SMILES string of the molecule is CC(C)CC(=O)OCC(C)OCC(C)OC(=O)C(C)(C)C. The Labute approximate surface area is 128 Å². The van der Waals surface area contributed by atoms with E-state index in [1.54, 1.807) is 27.7 Å². The zero-order valence-corrected chi connectivity index (χ0v) is 14.4. The fraction of sp³-hybridized carbons (Fsp3) is 0.875. The van der Waals surface area contributed by atoms with E-state index in [4.69, 9.17) is 14.2 Å². The smallest absolute Gasteiger partial charge is 0.311 e. The largest absolute Gasteiger partial charge is 0.463 e. The number of esters is 2. The molecule has 0 aromatic carbocycles. The maximum absolute atomic E-state index is 11.7. The van der Waals surface area contributed by atoms with E-state index in [1.165, 1.54) is 0 Å². The quantitative estimate of drug-likeness (QED) is 0.645. The standard InChI is InChI=1S/C16H30O5/c1-11(2)8-14(17)20-9-12(3)19-10-13(4)21-15(18)16(5,6)7/h11-13H,8-10H2,1-7H3. The molecule has 0 aliphatic rings. The molecule has 0 aromatic rings. The zero-order valence-electron chi connectivity index (χ0n) is 14.4. The van der Waals surface area contributed by atoms with Gasteiger partial charge in [-0.3, -0.25) is 9.59 Å². The van der Waals surface area contributed by atoms with Crippen LogP contribution in [0.4, 0.5) is 0 Å². The molecule has 0 saturated carbocycles. The monoisotopic (exact) mass is 302 g/mol. The Morgan fingerprint density at radius 1 is 0.952 bits per heavy atom. The Hall–Kier alpha value is -1.10. The molecule has 5 heteroatoms. The molecule has 0 aliphatic carbocycles. The molecule has 2 unspecified atom stereocenters. The van der Waals surface area contributed by atoms with E-state index in [0.29, 0.717) is 6.42 Å². The number of carbonyl (C=O) groups excluding carboxylic acids is 2. The molecular formula is C16H30O5. The first-order valence-electron chi connectivity index (χ1n) is 7.50. The van der Waals surface area contributed by atoms with Gasteiger partial charge in [0.1, 0.15) is 12.7 Å². The Morgan fingerprint density at radius 2 is 1.52 bits per heavy atom. The third-order valence-electron chi connectivity index (χ3n) is 2.59. The summed E-state index contributed by atoms with van der Waals surface area (Å²) in [6, 6.07) is 0. The molecule has 0 aliphatic heterocycles. The second-order valence-corrected chi connectivity index (χ2v) is 6.89. The highest BCUT2D eigenvalue weighted by Gasteiger charge is 2.25. The van der Waals surface area contributed by atoms with E-state index >= 15 is 0 Å². The summed E-state index contributed by atoms with van der Waals surface area (Å²) in [6.45, 7) is 13.4. The number of ether oxygens (including phenoxy) is 3. The predicted molar refractivity (Wildman–Crippen MR) is 80.8 cm³/mol. The lowest BCUT2D eigenvalue weighted by molar-refractivity contribution is -0.162. The number of hydrogen-bond donors (Lipinski definition) is 0. The van der Waals surface area contributed by atoms with Gasteiger partial charge in [-0.1, -0.05) is 13.8 Å². The van der Waals surface area contributed by atoms with Crippen molar-refractivity contribution in [2.24, 2.45) is 11.3 Å². The maximum Gasteiger partial charge on any atom is 0.311 e. The summed E-state index contributed by atoms with van der Waals surface area (Å²) in [5.41, 5.74) is -0.522. The summed E-state index contributed by atoms with van der Waals surface area (Å²) in [5.74, 6) is -0.187. The van der Waals surface area contributed by atoms with Crippen molar-refractivity contribution in [1.29, 1.82) is 0 Å². The van der Waals surface area contributed by atoms with Crippen molar-refractivity contribution in [3.63, 3.8) is 0 Å². The lowest BCUT2D eigenvalue weighted by Crippen LogP contribution is -2.31. The van der Waals surface area contributed by atoms with Gasteiger partial charge in [-0.2, -0.15) is 0 Å². The fourth-order valence-corrected chi connectivity index (χ4v) is 1.34. The topological polar surface area (TPSA) is 61.8 Å². The van der Waals surface area contributed by atoms with E-state index in [-0.39, 0.29) is 43.3 Å². The van der Waals surface area contributed by atoms with E-state index in [2.05, 4.69) is 0 Å². The first-order valence-corrected chi connectivity index (χ1v) is 7.50. The first-order chi connectivity index (χ1) is 9.52. The van der Waals surface area contributed by atoms with Gasteiger partial charge in [0.05, 0.1) is 18.1 Å². The minimum absolute atomic E-state index is 0.214. The molecule has 0 rings (SSSR count). The molecule has 0 bridgehead atoms. The maximum atomic E-state index is 11.7. The highest BCUT2D eigenvalue weighted by atomic mass is 16.6. The minimum atomic E-state index is -0.522. The second-order valence-electron chi connectivity index (χ2n) is 6.89. The molecule has 2 atom stereocenters. The first kappa shape index (κ1) is 19.9. The van der Waals surface area contributed by atoms with E-state index in [0.717, 1.165) is 0 Å².